The molecule has 0 aliphatic heterocycles. The van der Waals surface area contributed by atoms with Crippen LogP contribution in [0.5, 0.6) is 0 Å². The minimum atomic E-state index is -0.577. The predicted octanol–water partition coefficient (Wildman–Crippen LogP) is 2.55. The first kappa shape index (κ1) is 17.2. The highest BCUT2D eigenvalue weighted by molar-refractivity contribution is 7.99. The van der Waals surface area contributed by atoms with Gasteiger partial charge in [0.1, 0.15) is 5.00 Å². The van der Waals surface area contributed by atoms with Gasteiger partial charge in [-0.15, -0.1) is 21.5 Å². The Labute approximate surface area is 151 Å². The van der Waals surface area contributed by atoms with Crippen LogP contribution in [-0.2, 0) is 11.2 Å². The van der Waals surface area contributed by atoms with E-state index in [0.29, 0.717) is 28.1 Å². The third-order valence-corrected chi connectivity index (χ3v) is 4.81. The molecule has 0 unspecified atom stereocenters. The molecule has 2 aromatic heterocycles. The number of benzene rings is 1. The summed E-state index contributed by atoms with van der Waals surface area (Å²) in [6.07, 6.45) is 0.539. The molecule has 0 saturated carbocycles. The van der Waals surface area contributed by atoms with Crippen molar-refractivity contribution >= 4 is 39.9 Å². The Hall–Kier alpha value is -2.65. The molecule has 0 radical (unpaired) electrons. The number of thiophene rings is 1. The van der Waals surface area contributed by atoms with E-state index in [1.54, 1.807) is 11.4 Å². The third kappa shape index (κ3) is 4.68. The molecule has 9 heteroatoms. The van der Waals surface area contributed by atoms with Gasteiger partial charge in [0.2, 0.25) is 11.8 Å². The lowest BCUT2D eigenvalue weighted by molar-refractivity contribution is -0.113. The Balaban J connectivity index is 1.52. The monoisotopic (exact) mass is 374 g/mol. The van der Waals surface area contributed by atoms with Gasteiger partial charge in [0.15, 0.2) is 0 Å². The number of carbonyl (C=O) groups excluding carboxylic acids is 2. The van der Waals surface area contributed by atoms with Gasteiger partial charge in [-0.2, -0.15) is 0 Å². The Kier molecular flexibility index (Phi) is 5.46. The van der Waals surface area contributed by atoms with Crippen molar-refractivity contribution in [3.8, 4) is 0 Å². The van der Waals surface area contributed by atoms with Gasteiger partial charge in [-0.25, -0.2) is 0 Å². The molecule has 0 saturated heterocycles. The lowest BCUT2D eigenvalue weighted by Gasteiger charge is -2.02. The zero-order valence-corrected chi connectivity index (χ0v) is 14.6. The largest absolute Gasteiger partial charge is 0.416 e. The van der Waals surface area contributed by atoms with Crippen LogP contribution in [0.25, 0.3) is 0 Å². The number of thioether (sulfide) groups is 1. The summed E-state index contributed by atoms with van der Waals surface area (Å²) in [5, 5.41) is 13.0. The molecule has 7 nitrogen and oxygen atoms in total. The van der Waals surface area contributed by atoms with E-state index in [2.05, 4.69) is 15.5 Å². The summed E-state index contributed by atoms with van der Waals surface area (Å²) in [4.78, 5) is 23.2. The maximum absolute atomic E-state index is 12.0. The highest BCUT2D eigenvalue weighted by atomic mass is 32.2. The molecule has 0 aliphatic carbocycles. The SMILES string of the molecule is NC(=O)c1ccsc1NC(=O)CSc1nnc(Cc2ccccc2)o1. The van der Waals surface area contributed by atoms with Crippen LogP contribution in [-0.4, -0.2) is 27.8 Å². The topological polar surface area (TPSA) is 111 Å². The second kappa shape index (κ2) is 7.95. The molecule has 0 atom stereocenters. The lowest BCUT2D eigenvalue weighted by Crippen LogP contribution is -2.17. The average molecular weight is 374 g/mol. The maximum atomic E-state index is 12.0. The van der Waals surface area contributed by atoms with Crippen molar-refractivity contribution in [2.75, 3.05) is 11.1 Å². The first-order valence-corrected chi connectivity index (χ1v) is 9.14. The van der Waals surface area contributed by atoms with Crippen LogP contribution in [0.1, 0.15) is 21.8 Å². The van der Waals surface area contributed by atoms with Gasteiger partial charge in [-0.1, -0.05) is 42.1 Å². The number of hydrogen-bond acceptors (Lipinski definition) is 7. The quantitative estimate of drug-likeness (QED) is 0.615. The third-order valence-electron chi connectivity index (χ3n) is 3.16. The highest BCUT2D eigenvalue weighted by Crippen LogP contribution is 2.24. The Morgan fingerprint density at radius 3 is 2.76 bits per heavy atom. The normalized spacial score (nSPS) is 10.6. The number of carbonyl (C=O) groups is 2. The zero-order valence-electron chi connectivity index (χ0n) is 13.0. The molecule has 0 fully saturated rings. The minimum absolute atomic E-state index is 0.0864. The van der Waals surface area contributed by atoms with Crippen LogP contribution in [0.3, 0.4) is 0 Å². The minimum Gasteiger partial charge on any atom is -0.416 e. The van der Waals surface area contributed by atoms with Gasteiger partial charge < -0.3 is 15.5 Å². The van der Waals surface area contributed by atoms with Crippen LogP contribution < -0.4 is 11.1 Å². The van der Waals surface area contributed by atoms with E-state index in [0.717, 1.165) is 17.3 Å². The van der Waals surface area contributed by atoms with E-state index >= 15 is 0 Å². The van der Waals surface area contributed by atoms with Gasteiger partial charge in [-0.05, 0) is 17.0 Å². The van der Waals surface area contributed by atoms with Gasteiger partial charge >= 0.3 is 0 Å². The molecule has 1 aromatic carbocycles. The summed E-state index contributed by atoms with van der Waals surface area (Å²) in [6, 6.07) is 11.3. The summed E-state index contributed by atoms with van der Waals surface area (Å²) in [6.45, 7) is 0. The van der Waals surface area contributed by atoms with E-state index in [-0.39, 0.29) is 11.7 Å². The van der Waals surface area contributed by atoms with Crippen LogP contribution in [0.15, 0.2) is 51.4 Å². The first-order valence-electron chi connectivity index (χ1n) is 7.28. The number of anilines is 1. The molecule has 3 aromatic rings. The van der Waals surface area contributed by atoms with Crippen molar-refractivity contribution in [3.63, 3.8) is 0 Å². The molecule has 3 rings (SSSR count). The van der Waals surface area contributed by atoms with E-state index in [9.17, 15) is 9.59 Å². The molecule has 0 bridgehead atoms. The number of nitrogens with two attached hydrogens (primary N) is 1. The Morgan fingerprint density at radius 2 is 2.00 bits per heavy atom. The number of nitrogens with zero attached hydrogens (tertiary/aromatic N) is 2. The van der Waals surface area contributed by atoms with Gasteiger partial charge in [0.25, 0.3) is 11.1 Å². The predicted molar refractivity (Wildman–Crippen MR) is 95.7 cm³/mol. The fourth-order valence-corrected chi connectivity index (χ4v) is 3.42. The summed E-state index contributed by atoms with van der Waals surface area (Å²) in [7, 11) is 0. The summed E-state index contributed by atoms with van der Waals surface area (Å²) in [5.74, 6) is -0.281. The summed E-state index contributed by atoms with van der Waals surface area (Å²) in [5.41, 5.74) is 6.61. The molecule has 3 N–H and O–H groups in total. The number of aromatic nitrogens is 2. The molecular weight excluding hydrogens is 360 g/mol. The number of amides is 2. The first-order chi connectivity index (χ1) is 12.1. The highest BCUT2D eigenvalue weighted by Gasteiger charge is 2.14. The number of primary amides is 1. The Bertz CT molecular complexity index is 876. The van der Waals surface area contributed by atoms with E-state index in [1.165, 1.54) is 11.3 Å². The van der Waals surface area contributed by atoms with E-state index < -0.39 is 5.91 Å². The lowest BCUT2D eigenvalue weighted by atomic mass is 10.2. The van der Waals surface area contributed by atoms with Crippen LogP contribution >= 0.6 is 23.1 Å². The van der Waals surface area contributed by atoms with Gasteiger partial charge in [0, 0.05) is 0 Å². The van der Waals surface area contributed by atoms with Gasteiger partial charge in [0.05, 0.1) is 17.7 Å². The molecular formula is C16H14N4O3S2. The van der Waals surface area contributed by atoms with Crippen LogP contribution in [0.4, 0.5) is 5.00 Å². The number of nitrogens with one attached hydrogen (secondary N) is 1. The molecule has 2 heterocycles. The Morgan fingerprint density at radius 1 is 1.20 bits per heavy atom. The van der Waals surface area contributed by atoms with Gasteiger partial charge in [-0.3, -0.25) is 9.59 Å². The fourth-order valence-electron chi connectivity index (χ4n) is 2.03. The van der Waals surface area contributed by atoms with Crippen molar-refractivity contribution in [2.45, 2.75) is 11.6 Å². The van der Waals surface area contributed by atoms with E-state index in [4.69, 9.17) is 10.2 Å². The molecule has 2 amide bonds. The summed E-state index contributed by atoms with van der Waals surface area (Å²) < 4.78 is 5.52. The fraction of sp³-hybridized carbons (Fsp3) is 0.125. The van der Waals surface area contributed by atoms with E-state index in [1.807, 2.05) is 30.3 Å². The second-order valence-electron chi connectivity index (χ2n) is 4.99. The molecule has 128 valence electrons. The van der Waals surface area contributed by atoms with Crippen LogP contribution in [0.2, 0.25) is 0 Å². The zero-order chi connectivity index (χ0) is 17.6. The van der Waals surface area contributed by atoms with Crippen molar-refractivity contribution < 1.29 is 14.0 Å². The number of hydrogen-bond donors (Lipinski definition) is 2. The smallest absolute Gasteiger partial charge is 0.277 e. The number of rotatable bonds is 7. The van der Waals surface area contributed by atoms with Crippen molar-refractivity contribution in [1.82, 2.24) is 10.2 Å². The second-order valence-corrected chi connectivity index (χ2v) is 6.83. The molecule has 0 spiro atoms. The molecule has 0 aliphatic rings. The van der Waals surface area contributed by atoms with Crippen molar-refractivity contribution in [3.05, 3.63) is 58.8 Å². The summed E-state index contributed by atoms with van der Waals surface area (Å²) >= 11 is 2.37. The maximum Gasteiger partial charge on any atom is 0.277 e. The standard InChI is InChI=1S/C16H14N4O3S2/c17-14(22)11-6-7-24-15(11)18-12(21)9-25-16-20-19-13(23-16)8-10-4-2-1-3-5-10/h1-7H,8-9H2,(H2,17,22)(H,18,21). The average Bonchev–Trinajstić information content (AvgIpc) is 3.23. The van der Waals surface area contributed by atoms with Crippen LogP contribution in [0, 0.1) is 0 Å². The van der Waals surface area contributed by atoms with Crippen molar-refractivity contribution in [1.29, 1.82) is 0 Å². The van der Waals surface area contributed by atoms with Crippen molar-refractivity contribution in [2.24, 2.45) is 5.73 Å². The molecule has 25 heavy (non-hydrogen) atoms.